The Hall–Kier alpha value is -1.39. The Balaban J connectivity index is 2.48. The van der Waals surface area contributed by atoms with E-state index in [9.17, 15) is 4.79 Å². The molecule has 0 aliphatic carbocycles. The highest BCUT2D eigenvalue weighted by atomic mass is 16.1. The molecule has 5 heteroatoms. The first-order valence-corrected chi connectivity index (χ1v) is 5.19. The zero-order chi connectivity index (χ0) is 11.4. The van der Waals surface area contributed by atoms with Crippen molar-refractivity contribution in [3.05, 3.63) is 11.9 Å². The number of nitrogens with zero attached hydrogens (tertiary/aromatic N) is 3. The van der Waals surface area contributed by atoms with E-state index in [2.05, 4.69) is 15.6 Å². The first kappa shape index (κ1) is 11.7. The molecule has 0 radical (unpaired) electrons. The minimum Gasteiger partial charge on any atom is -0.350 e. The third-order valence-electron chi connectivity index (χ3n) is 2.05. The van der Waals surface area contributed by atoms with Crippen LogP contribution in [0.4, 0.5) is 0 Å². The topological polar surface area (TPSA) is 59.8 Å². The molecule has 15 heavy (non-hydrogen) atoms. The SMILES string of the molecule is CC(C)C(=O)NCc1cn(C(C)C)nn1. The number of carbonyl (C=O) groups is 1. The summed E-state index contributed by atoms with van der Waals surface area (Å²) in [6.45, 7) is 8.24. The first-order valence-electron chi connectivity index (χ1n) is 5.19. The van der Waals surface area contributed by atoms with Crippen molar-refractivity contribution < 1.29 is 4.79 Å². The van der Waals surface area contributed by atoms with E-state index < -0.39 is 0 Å². The molecule has 1 rings (SSSR count). The predicted molar refractivity (Wildman–Crippen MR) is 57.1 cm³/mol. The Morgan fingerprint density at radius 2 is 2.13 bits per heavy atom. The molecular weight excluding hydrogens is 192 g/mol. The molecule has 1 aromatic rings. The van der Waals surface area contributed by atoms with E-state index in [0.29, 0.717) is 12.6 Å². The molecule has 0 unspecified atom stereocenters. The Kier molecular flexibility index (Phi) is 3.82. The van der Waals surface area contributed by atoms with Crippen LogP contribution in [0, 0.1) is 5.92 Å². The lowest BCUT2D eigenvalue weighted by atomic mass is 10.2. The molecule has 0 fully saturated rings. The largest absolute Gasteiger partial charge is 0.350 e. The fraction of sp³-hybridized carbons (Fsp3) is 0.700. The van der Waals surface area contributed by atoms with Gasteiger partial charge in [0.25, 0.3) is 0 Å². The van der Waals surface area contributed by atoms with Crippen LogP contribution in [0.5, 0.6) is 0 Å². The first-order chi connectivity index (χ1) is 7.00. The molecule has 0 spiro atoms. The Bertz CT molecular complexity index is 330. The van der Waals surface area contributed by atoms with Gasteiger partial charge < -0.3 is 5.32 Å². The summed E-state index contributed by atoms with van der Waals surface area (Å²) in [4.78, 5) is 11.3. The Morgan fingerprint density at radius 1 is 1.47 bits per heavy atom. The molecule has 1 heterocycles. The van der Waals surface area contributed by atoms with E-state index in [0.717, 1.165) is 5.69 Å². The fourth-order valence-electron chi connectivity index (χ4n) is 1.03. The molecule has 0 aliphatic rings. The number of amides is 1. The van der Waals surface area contributed by atoms with Crippen molar-refractivity contribution in [1.82, 2.24) is 20.3 Å². The molecule has 5 nitrogen and oxygen atoms in total. The van der Waals surface area contributed by atoms with Crippen molar-refractivity contribution in [2.24, 2.45) is 5.92 Å². The summed E-state index contributed by atoms with van der Waals surface area (Å²) in [5, 5.41) is 10.7. The lowest BCUT2D eigenvalue weighted by Gasteiger charge is -2.05. The second kappa shape index (κ2) is 4.91. The van der Waals surface area contributed by atoms with Crippen molar-refractivity contribution in [1.29, 1.82) is 0 Å². The van der Waals surface area contributed by atoms with E-state index >= 15 is 0 Å². The summed E-state index contributed by atoms with van der Waals surface area (Å²) < 4.78 is 1.77. The van der Waals surface area contributed by atoms with E-state index in [1.165, 1.54) is 0 Å². The van der Waals surface area contributed by atoms with Crippen molar-refractivity contribution in [2.75, 3.05) is 0 Å². The predicted octanol–water partition coefficient (Wildman–Crippen LogP) is 1.13. The van der Waals surface area contributed by atoms with Crippen LogP contribution in [-0.4, -0.2) is 20.9 Å². The maximum absolute atomic E-state index is 11.3. The molecular formula is C10H18N4O. The zero-order valence-corrected chi connectivity index (χ0v) is 9.69. The van der Waals surface area contributed by atoms with Gasteiger partial charge >= 0.3 is 0 Å². The Labute approximate surface area is 89.9 Å². The van der Waals surface area contributed by atoms with Crippen molar-refractivity contribution in [3.63, 3.8) is 0 Å². The molecule has 1 N–H and O–H groups in total. The minimum absolute atomic E-state index is 0.00476. The number of hydrogen-bond acceptors (Lipinski definition) is 3. The van der Waals surface area contributed by atoms with Gasteiger partial charge in [-0.2, -0.15) is 0 Å². The van der Waals surface area contributed by atoms with Crippen LogP contribution in [-0.2, 0) is 11.3 Å². The van der Waals surface area contributed by atoms with Gasteiger partial charge in [0.2, 0.25) is 5.91 Å². The van der Waals surface area contributed by atoms with E-state index in [4.69, 9.17) is 0 Å². The zero-order valence-electron chi connectivity index (χ0n) is 9.69. The van der Waals surface area contributed by atoms with Crippen LogP contribution < -0.4 is 5.32 Å². The second-order valence-electron chi connectivity index (χ2n) is 4.16. The van der Waals surface area contributed by atoms with Gasteiger partial charge in [-0.1, -0.05) is 19.1 Å². The number of hydrogen-bond donors (Lipinski definition) is 1. The molecule has 84 valence electrons. The van der Waals surface area contributed by atoms with Crippen LogP contribution in [0.3, 0.4) is 0 Å². The van der Waals surface area contributed by atoms with Gasteiger partial charge in [0.15, 0.2) is 0 Å². The maximum atomic E-state index is 11.3. The van der Waals surface area contributed by atoms with Gasteiger partial charge in [-0.25, -0.2) is 4.68 Å². The number of aromatic nitrogens is 3. The third-order valence-corrected chi connectivity index (χ3v) is 2.05. The van der Waals surface area contributed by atoms with Crippen LogP contribution in [0.1, 0.15) is 39.4 Å². The lowest BCUT2D eigenvalue weighted by Crippen LogP contribution is -2.27. The summed E-state index contributed by atoms with van der Waals surface area (Å²) in [7, 11) is 0. The monoisotopic (exact) mass is 210 g/mol. The average molecular weight is 210 g/mol. The van der Waals surface area contributed by atoms with Crippen LogP contribution in [0.2, 0.25) is 0 Å². The standard InChI is InChI=1S/C10H18N4O/c1-7(2)10(15)11-5-9-6-14(8(3)4)13-12-9/h6-8H,5H2,1-4H3,(H,11,15). The van der Waals surface area contributed by atoms with E-state index in [1.54, 1.807) is 4.68 Å². The van der Waals surface area contributed by atoms with Gasteiger partial charge in [-0.3, -0.25) is 4.79 Å². The minimum atomic E-state index is 0.00476. The van der Waals surface area contributed by atoms with Gasteiger partial charge in [0.1, 0.15) is 5.69 Å². The van der Waals surface area contributed by atoms with Crippen LogP contribution in [0.25, 0.3) is 0 Å². The molecule has 0 atom stereocenters. The molecule has 0 aliphatic heterocycles. The highest BCUT2D eigenvalue weighted by Gasteiger charge is 2.08. The Morgan fingerprint density at radius 3 is 2.60 bits per heavy atom. The highest BCUT2D eigenvalue weighted by Crippen LogP contribution is 2.02. The van der Waals surface area contributed by atoms with E-state index in [1.807, 2.05) is 33.9 Å². The van der Waals surface area contributed by atoms with Gasteiger partial charge in [0, 0.05) is 12.0 Å². The molecule has 0 aromatic carbocycles. The van der Waals surface area contributed by atoms with Gasteiger partial charge in [-0.05, 0) is 13.8 Å². The molecule has 0 bridgehead atoms. The average Bonchev–Trinajstić information content (AvgIpc) is 2.62. The smallest absolute Gasteiger partial charge is 0.222 e. The summed E-state index contributed by atoms with van der Waals surface area (Å²) in [6, 6.07) is 0.298. The summed E-state index contributed by atoms with van der Waals surface area (Å²) in [5.74, 6) is 0.0410. The number of rotatable bonds is 4. The van der Waals surface area contributed by atoms with E-state index in [-0.39, 0.29) is 11.8 Å². The van der Waals surface area contributed by atoms with Crippen molar-refractivity contribution >= 4 is 5.91 Å². The summed E-state index contributed by atoms with van der Waals surface area (Å²) >= 11 is 0. The molecule has 1 aromatic heterocycles. The van der Waals surface area contributed by atoms with Gasteiger partial charge in [-0.15, -0.1) is 5.10 Å². The normalized spacial score (nSPS) is 11.1. The van der Waals surface area contributed by atoms with Gasteiger partial charge in [0.05, 0.1) is 12.7 Å². The molecule has 0 saturated heterocycles. The third kappa shape index (κ3) is 3.34. The molecule has 1 amide bonds. The summed E-state index contributed by atoms with van der Waals surface area (Å²) in [6.07, 6.45) is 1.85. The molecule has 0 saturated carbocycles. The second-order valence-corrected chi connectivity index (χ2v) is 4.16. The van der Waals surface area contributed by atoms with Crippen LogP contribution in [0.15, 0.2) is 6.20 Å². The fourth-order valence-corrected chi connectivity index (χ4v) is 1.03. The maximum Gasteiger partial charge on any atom is 0.222 e. The highest BCUT2D eigenvalue weighted by molar-refractivity contribution is 5.77. The summed E-state index contributed by atoms with van der Waals surface area (Å²) in [5.41, 5.74) is 0.790. The van der Waals surface area contributed by atoms with Crippen LogP contribution >= 0.6 is 0 Å². The van der Waals surface area contributed by atoms with Crippen molar-refractivity contribution in [3.8, 4) is 0 Å². The lowest BCUT2D eigenvalue weighted by molar-refractivity contribution is -0.124. The number of nitrogens with one attached hydrogen (secondary N) is 1. The number of carbonyl (C=O) groups excluding carboxylic acids is 1. The van der Waals surface area contributed by atoms with Crippen molar-refractivity contribution in [2.45, 2.75) is 40.3 Å². The quantitative estimate of drug-likeness (QED) is 0.810.